The van der Waals surface area contributed by atoms with Crippen molar-refractivity contribution >= 4 is 40.3 Å². The highest BCUT2D eigenvalue weighted by Crippen LogP contribution is 2.25. The van der Waals surface area contributed by atoms with Crippen LogP contribution in [0.2, 0.25) is 0 Å². The standard InChI is InChI=1S/C14H14O3.C9H8O4.C8H9NO2/c1-9(14(15)16)10-3-4-12-8-13(17-2)6-5-11(12)7-10;1-6(10)13-8-5-3-2-4-7(8)9(11)12;1-6(10)9-7-2-4-8(11)5-3-7/h3-9H,1-2H3,(H,15,16);2-5H,1H3,(H,11,12);2-5,11H,1H3,(H,9,10)/t9-;;/m0../s1. The molecule has 214 valence electrons. The molecule has 0 aliphatic heterocycles. The van der Waals surface area contributed by atoms with Gasteiger partial charge >= 0.3 is 17.9 Å². The molecule has 0 heterocycles. The summed E-state index contributed by atoms with van der Waals surface area (Å²) in [6.07, 6.45) is 0. The van der Waals surface area contributed by atoms with Gasteiger partial charge in [0.05, 0.1) is 13.0 Å². The Bertz CT molecular complexity index is 1510. The lowest BCUT2D eigenvalue weighted by molar-refractivity contribution is -0.138. The Morgan fingerprint density at radius 2 is 1.41 bits per heavy atom. The molecule has 0 bridgehead atoms. The lowest BCUT2D eigenvalue weighted by Crippen LogP contribution is -2.06. The minimum Gasteiger partial charge on any atom is -0.508 e. The number of fused-ring (bicyclic) bond motifs is 1. The van der Waals surface area contributed by atoms with Crippen LogP contribution in [0.3, 0.4) is 0 Å². The number of aliphatic carboxylic acids is 1. The molecule has 0 aliphatic rings. The van der Waals surface area contributed by atoms with Crippen molar-refractivity contribution in [3.05, 3.63) is 96.1 Å². The number of carbonyl (C=O) groups excluding carboxylic acids is 2. The van der Waals surface area contributed by atoms with Crippen LogP contribution in [0.1, 0.15) is 42.6 Å². The van der Waals surface area contributed by atoms with Gasteiger partial charge in [0.25, 0.3) is 0 Å². The van der Waals surface area contributed by atoms with Crippen LogP contribution in [0.25, 0.3) is 10.8 Å². The molecule has 10 nitrogen and oxygen atoms in total. The number of para-hydroxylation sites is 1. The number of phenolic OH excluding ortho intramolecular Hbond substituents is 1. The van der Waals surface area contributed by atoms with Crippen LogP contribution < -0.4 is 14.8 Å². The summed E-state index contributed by atoms with van der Waals surface area (Å²) in [5, 5.41) is 31.2. The van der Waals surface area contributed by atoms with E-state index in [0.717, 1.165) is 22.1 Å². The maximum Gasteiger partial charge on any atom is 0.339 e. The summed E-state index contributed by atoms with van der Waals surface area (Å²) in [7, 11) is 1.63. The number of aromatic hydroxyl groups is 1. The van der Waals surface area contributed by atoms with Crippen molar-refractivity contribution in [2.24, 2.45) is 0 Å². The number of anilines is 1. The Kier molecular flexibility index (Phi) is 11.9. The third-order valence-corrected chi connectivity index (χ3v) is 5.50. The number of hydrogen-bond donors (Lipinski definition) is 4. The van der Waals surface area contributed by atoms with Gasteiger partial charge in [-0.05, 0) is 71.8 Å². The highest BCUT2D eigenvalue weighted by molar-refractivity contribution is 5.92. The number of rotatable bonds is 6. The number of amides is 1. The third kappa shape index (κ3) is 10.4. The maximum atomic E-state index is 10.9. The van der Waals surface area contributed by atoms with E-state index in [9.17, 15) is 19.2 Å². The maximum absolute atomic E-state index is 10.9. The van der Waals surface area contributed by atoms with Gasteiger partial charge in [0, 0.05) is 19.5 Å². The number of carboxylic acid groups (broad SMARTS) is 2. The van der Waals surface area contributed by atoms with E-state index in [0.29, 0.717) is 5.69 Å². The number of carboxylic acids is 2. The molecule has 1 atom stereocenters. The van der Waals surface area contributed by atoms with E-state index in [2.05, 4.69) is 10.1 Å². The fourth-order valence-corrected chi connectivity index (χ4v) is 3.42. The normalized spacial score (nSPS) is 10.5. The Morgan fingerprint density at radius 1 is 0.805 bits per heavy atom. The molecule has 0 spiro atoms. The van der Waals surface area contributed by atoms with Gasteiger partial charge in [-0.3, -0.25) is 14.4 Å². The Morgan fingerprint density at radius 3 is 1.98 bits per heavy atom. The van der Waals surface area contributed by atoms with E-state index in [-0.39, 0.29) is 23.0 Å². The fraction of sp³-hybridized carbons (Fsp3) is 0.161. The molecular weight excluding hydrogens is 530 g/mol. The van der Waals surface area contributed by atoms with Gasteiger partial charge in [-0.1, -0.05) is 36.4 Å². The molecule has 4 N–H and O–H groups in total. The molecule has 0 radical (unpaired) electrons. The molecule has 41 heavy (non-hydrogen) atoms. The van der Waals surface area contributed by atoms with Crippen molar-refractivity contribution < 1.29 is 44.0 Å². The van der Waals surface area contributed by atoms with Crippen molar-refractivity contribution in [3.8, 4) is 17.2 Å². The molecule has 10 heteroatoms. The quantitative estimate of drug-likeness (QED) is 0.132. The van der Waals surface area contributed by atoms with E-state index in [4.69, 9.17) is 20.1 Å². The Balaban J connectivity index is 0.000000221. The average molecular weight is 562 g/mol. The van der Waals surface area contributed by atoms with E-state index in [1.54, 1.807) is 38.3 Å². The Hall–Kier alpha value is -5.38. The second-order valence-electron chi connectivity index (χ2n) is 8.66. The molecule has 4 aromatic carbocycles. The minimum absolute atomic E-state index is 0.0160. The van der Waals surface area contributed by atoms with Crippen molar-refractivity contribution in [3.63, 3.8) is 0 Å². The number of ether oxygens (including phenoxy) is 2. The summed E-state index contributed by atoms with van der Waals surface area (Å²) < 4.78 is 9.83. The zero-order valence-corrected chi connectivity index (χ0v) is 23.0. The van der Waals surface area contributed by atoms with Gasteiger partial charge in [0.15, 0.2) is 0 Å². The van der Waals surface area contributed by atoms with Crippen LogP contribution in [0.4, 0.5) is 5.69 Å². The highest BCUT2D eigenvalue weighted by atomic mass is 16.5. The van der Waals surface area contributed by atoms with Gasteiger partial charge in [-0.2, -0.15) is 0 Å². The SMILES string of the molecule is CC(=O)Nc1ccc(O)cc1.CC(=O)Oc1ccccc1C(=O)O.COc1ccc2cc([C@H](C)C(=O)O)ccc2c1. The van der Waals surface area contributed by atoms with Crippen LogP contribution in [-0.2, 0) is 14.4 Å². The second kappa shape index (κ2) is 15.3. The molecule has 0 saturated carbocycles. The first-order valence-electron chi connectivity index (χ1n) is 12.3. The lowest BCUT2D eigenvalue weighted by Gasteiger charge is -2.08. The smallest absolute Gasteiger partial charge is 0.339 e. The summed E-state index contributed by atoms with van der Waals surface area (Å²) in [5.74, 6) is -1.99. The monoisotopic (exact) mass is 561 g/mol. The van der Waals surface area contributed by atoms with Crippen molar-refractivity contribution in [2.45, 2.75) is 26.7 Å². The zero-order chi connectivity index (χ0) is 30.5. The van der Waals surface area contributed by atoms with Crippen LogP contribution in [0.5, 0.6) is 17.2 Å². The molecule has 0 aromatic heterocycles. The fourth-order valence-electron chi connectivity index (χ4n) is 3.42. The highest BCUT2D eigenvalue weighted by Gasteiger charge is 2.14. The number of hydrogen-bond acceptors (Lipinski definition) is 7. The van der Waals surface area contributed by atoms with E-state index < -0.39 is 23.8 Å². The molecule has 0 fully saturated rings. The van der Waals surface area contributed by atoms with Crippen molar-refractivity contribution in [1.29, 1.82) is 0 Å². The van der Waals surface area contributed by atoms with Gasteiger partial charge in [-0.25, -0.2) is 4.79 Å². The summed E-state index contributed by atoms with van der Waals surface area (Å²) in [6.45, 7) is 4.35. The first-order chi connectivity index (χ1) is 19.4. The van der Waals surface area contributed by atoms with Gasteiger partial charge in [0.2, 0.25) is 5.91 Å². The molecule has 4 aromatic rings. The predicted molar refractivity (Wildman–Crippen MR) is 154 cm³/mol. The second-order valence-corrected chi connectivity index (χ2v) is 8.66. The first-order valence-corrected chi connectivity index (χ1v) is 12.3. The zero-order valence-electron chi connectivity index (χ0n) is 23.0. The molecule has 4 rings (SSSR count). The molecule has 1 amide bonds. The molecule has 0 saturated heterocycles. The van der Waals surface area contributed by atoms with Crippen LogP contribution >= 0.6 is 0 Å². The van der Waals surface area contributed by atoms with E-state index in [1.807, 2.05) is 36.4 Å². The average Bonchev–Trinajstić information content (AvgIpc) is 2.93. The number of carbonyl (C=O) groups is 4. The van der Waals surface area contributed by atoms with Crippen molar-refractivity contribution in [1.82, 2.24) is 0 Å². The van der Waals surface area contributed by atoms with Gasteiger partial charge in [0.1, 0.15) is 22.8 Å². The van der Waals surface area contributed by atoms with Gasteiger partial charge in [-0.15, -0.1) is 0 Å². The topological polar surface area (TPSA) is 159 Å². The Labute approximate surface area is 236 Å². The van der Waals surface area contributed by atoms with Crippen LogP contribution in [0.15, 0.2) is 84.9 Å². The summed E-state index contributed by atoms with van der Waals surface area (Å²) in [6, 6.07) is 23.7. The molecule has 0 unspecified atom stereocenters. The van der Waals surface area contributed by atoms with Crippen LogP contribution in [0, 0.1) is 0 Å². The lowest BCUT2D eigenvalue weighted by atomic mass is 9.98. The number of benzene rings is 4. The van der Waals surface area contributed by atoms with Crippen molar-refractivity contribution in [2.75, 3.05) is 12.4 Å². The summed E-state index contributed by atoms with van der Waals surface area (Å²) in [4.78, 5) is 42.6. The number of methoxy groups -OCH3 is 1. The first kappa shape index (κ1) is 31.8. The molecule has 0 aliphatic carbocycles. The largest absolute Gasteiger partial charge is 0.508 e. The van der Waals surface area contributed by atoms with E-state index >= 15 is 0 Å². The number of aromatic carboxylic acids is 1. The third-order valence-electron chi connectivity index (χ3n) is 5.50. The number of nitrogens with one attached hydrogen (secondary N) is 1. The van der Waals surface area contributed by atoms with Gasteiger partial charge < -0.3 is 30.1 Å². The minimum atomic E-state index is -1.11. The predicted octanol–water partition coefficient (Wildman–Crippen LogP) is 5.70. The summed E-state index contributed by atoms with van der Waals surface area (Å²) in [5.41, 5.74) is 1.49. The van der Waals surface area contributed by atoms with Crippen LogP contribution in [-0.4, -0.2) is 46.2 Å². The number of phenols is 1. The number of esters is 1. The summed E-state index contributed by atoms with van der Waals surface area (Å²) >= 11 is 0. The molecular formula is C31H31NO9. The van der Waals surface area contributed by atoms with E-state index in [1.165, 1.54) is 38.1 Å².